The highest BCUT2D eigenvalue weighted by Crippen LogP contribution is 2.42. The fourth-order valence-electron chi connectivity index (χ4n) is 6.21. The second kappa shape index (κ2) is 12.0. The zero-order valence-corrected chi connectivity index (χ0v) is 26.1. The number of aryl methyl sites for hydroxylation is 1. The smallest absolute Gasteiger partial charge is 0.339 e. The number of nitro benzene ring substituents is 1. The van der Waals surface area contributed by atoms with Crippen LogP contribution in [0.4, 0.5) is 11.4 Å². The summed E-state index contributed by atoms with van der Waals surface area (Å²) in [6.45, 7) is 3.07. The van der Waals surface area contributed by atoms with E-state index in [1.54, 1.807) is 55.5 Å². The SMILES string of the molecule is Cc1ccc(C(=O)COC(=O)c2cc(-c3ccc(N4C(=O)C5CCC(C)CC5C4=O)cc3)nc3ccc(Br)cc23)cc1[N+](=O)[O-]. The molecule has 1 saturated carbocycles. The number of halogens is 1. The lowest BCUT2D eigenvalue weighted by Gasteiger charge is -2.25. The van der Waals surface area contributed by atoms with Crippen molar-refractivity contribution >= 4 is 61.8 Å². The zero-order valence-electron chi connectivity index (χ0n) is 24.5. The second-order valence-electron chi connectivity index (χ2n) is 11.7. The number of aromatic nitrogens is 1. The molecule has 1 aliphatic heterocycles. The number of esters is 1. The first-order valence-electron chi connectivity index (χ1n) is 14.6. The Morgan fingerprint density at radius 3 is 2.47 bits per heavy atom. The first-order chi connectivity index (χ1) is 21.5. The number of Topliss-reactive ketones (excluding diaryl/α,β-unsaturated/α-hetero) is 1. The number of amides is 2. The molecule has 2 fully saturated rings. The van der Waals surface area contributed by atoms with Crippen molar-refractivity contribution in [3.8, 4) is 11.3 Å². The van der Waals surface area contributed by atoms with Crippen molar-refractivity contribution in [1.29, 1.82) is 0 Å². The monoisotopic (exact) mass is 669 g/mol. The van der Waals surface area contributed by atoms with Gasteiger partial charge < -0.3 is 4.74 Å². The summed E-state index contributed by atoms with van der Waals surface area (Å²) in [5.74, 6) is -1.79. The zero-order chi connectivity index (χ0) is 32.0. The van der Waals surface area contributed by atoms with Crippen LogP contribution in [-0.2, 0) is 14.3 Å². The molecule has 228 valence electrons. The Balaban J connectivity index is 1.26. The maximum atomic E-state index is 13.4. The first-order valence-corrected chi connectivity index (χ1v) is 15.3. The van der Waals surface area contributed by atoms with Gasteiger partial charge in [0, 0.05) is 32.6 Å². The highest BCUT2D eigenvalue weighted by molar-refractivity contribution is 9.10. The number of benzene rings is 3. The lowest BCUT2D eigenvalue weighted by Crippen LogP contribution is -2.30. The van der Waals surface area contributed by atoms with Crippen LogP contribution in [0.5, 0.6) is 0 Å². The number of rotatable bonds is 7. The molecule has 3 aromatic carbocycles. The van der Waals surface area contributed by atoms with Gasteiger partial charge in [-0.2, -0.15) is 0 Å². The van der Waals surface area contributed by atoms with Gasteiger partial charge in [-0.05, 0) is 68.5 Å². The van der Waals surface area contributed by atoms with Crippen molar-refractivity contribution in [3.63, 3.8) is 0 Å². The number of carbonyl (C=O) groups is 4. The van der Waals surface area contributed by atoms with E-state index in [2.05, 4.69) is 22.9 Å². The summed E-state index contributed by atoms with van der Waals surface area (Å²) >= 11 is 3.42. The molecule has 45 heavy (non-hydrogen) atoms. The number of hydrogen-bond acceptors (Lipinski definition) is 8. The molecule has 3 atom stereocenters. The summed E-state index contributed by atoms with van der Waals surface area (Å²) in [5.41, 5.74) is 2.55. The largest absolute Gasteiger partial charge is 0.454 e. The Hall–Kier alpha value is -4.77. The standard InChI is InChI=1S/C34H28BrN3O7/c1-18-3-11-24-26(13-18)33(41)37(32(24)40)23-9-6-20(7-10-23)29-16-27(25-15-22(35)8-12-28(25)36-29)34(42)45-17-31(39)21-5-4-19(2)30(14-21)38(43)44/h4-10,12,14-16,18,24,26H,3,11,13,17H2,1-2H3. The molecule has 2 heterocycles. The Labute approximate surface area is 266 Å². The number of imide groups is 1. The summed E-state index contributed by atoms with van der Waals surface area (Å²) in [6, 6.07) is 17.8. The summed E-state index contributed by atoms with van der Waals surface area (Å²) in [6.07, 6.45) is 2.37. The Kier molecular flexibility index (Phi) is 8.05. The van der Waals surface area contributed by atoms with Crippen molar-refractivity contribution in [1.82, 2.24) is 4.98 Å². The Morgan fingerprint density at radius 1 is 1.00 bits per heavy atom. The normalized spacial score (nSPS) is 19.4. The van der Waals surface area contributed by atoms with Crippen molar-refractivity contribution in [3.05, 3.63) is 98.0 Å². The minimum atomic E-state index is -0.765. The van der Waals surface area contributed by atoms with Crippen LogP contribution in [0.15, 0.2) is 71.2 Å². The van der Waals surface area contributed by atoms with Gasteiger partial charge in [0.15, 0.2) is 6.61 Å². The van der Waals surface area contributed by atoms with Gasteiger partial charge in [-0.15, -0.1) is 0 Å². The molecule has 10 nitrogen and oxygen atoms in total. The third-order valence-corrected chi connectivity index (χ3v) is 9.15. The maximum Gasteiger partial charge on any atom is 0.339 e. The van der Waals surface area contributed by atoms with E-state index in [1.807, 2.05) is 0 Å². The predicted octanol–water partition coefficient (Wildman–Crippen LogP) is 6.85. The number of anilines is 1. The van der Waals surface area contributed by atoms with Crippen molar-refractivity contribution in [2.24, 2.45) is 17.8 Å². The molecule has 1 aromatic heterocycles. The summed E-state index contributed by atoms with van der Waals surface area (Å²) in [7, 11) is 0. The molecule has 6 rings (SSSR count). The molecule has 0 bridgehead atoms. The predicted molar refractivity (Wildman–Crippen MR) is 170 cm³/mol. The number of ether oxygens (including phenoxy) is 1. The number of nitro groups is 1. The minimum Gasteiger partial charge on any atom is -0.454 e. The molecule has 2 aliphatic rings. The quantitative estimate of drug-likeness (QED) is 0.0685. The third kappa shape index (κ3) is 5.75. The van der Waals surface area contributed by atoms with Crippen LogP contribution in [-0.4, -0.2) is 40.1 Å². The van der Waals surface area contributed by atoms with E-state index >= 15 is 0 Å². The summed E-state index contributed by atoms with van der Waals surface area (Å²) in [5, 5.41) is 11.8. The van der Waals surface area contributed by atoms with Crippen LogP contribution >= 0.6 is 15.9 Å². The highest BCUT2D eigenvalue weighted by atomic mass is 79.9. The summed E-state index contributed by atoms with van der Waals surface area (Å²) < 4.78 is 6.10. The van der Waals surface area contributed by atoms with E-state index in [0.717, 1.165) is 19.3 Å². The van der Waals surface area contributed by atoms with Gasteiger partial charge in [-0.1, -0.05) is 47.1 Å². The number of hydrogen-bond donors (Lipinski definition) is 0. The molecule has 0 radical (unpaired) electrons. The van der Waals surface area contributed by atoms with Gasteiger partial charge in [0.25, 0.3) is 5.69 Å². The average Bonchev–Trinajstić information content (AvgIpc) is 3.27. The van der Waals surface area contributed by atoms with E-state index in [0.29, 0.717) is 43.8 Å². The highest BCUT2D eigenvalue weighted by Gasteiger charge is 2.49. The number of carbonyl (C=O) groups excluding carboxylic acids is 4. The van der Waals surface area contributed by atoms with E-state index in [4.69, 9.17) is 9.72 Å². The maximum absolute atomic E-state index is 13.4. The van der Waals surface area contributed by atoms with E-state index < -0.39 is 23.3 Å². The topological polar surface area (TPSA) is 137 Å². The van der Waals surface area contributed by atoms with Gasteiger partial charge in [0.1, 0.15) is 0 Å². The van der Waals surface area contributed by atoms with E-state index in [1.165, 1.54) is 23.1 Å². The molecule has 3 unspecified atom stereocenters. The molecule has 4 aromatic rings. The molecular weight excluding hydrogens is 642 g/mol. The molecule has 0 spiro atoms. The number of ketones is 1. The fourth-order valence-corrected chi connectivity index (χ4v) is 6.57. The van der Waals surface area contributed by atoms with Crippen molar-refractivity contribution in [2.45, 2.75) is 33.1 Å². The fraction of sp³-hybridized carbons (Fsp3) is 0.265. The van der Waals surface area contributed by atoms with Crippen molar-refractivity contribution < 1.29 is 28.8 Å². The molecular formula is C34H28BrN3O7. The second-order valence-corrected chi connectivity index (χ2v) is 12.6. The van der Waals surface area contributed by atoms with E-state index in [-0.39, 0.29) is 40.5 Å². The Morgan fingerprint density at radius 2 is 1.73 bits per heavy atom. The van der Waals surface area contributed by atoms with Gasteiger partial charge in [-0.3, -0.25) is 29.4 Å². The van der Waals surface area contributed by atoms with Crippen LogP contribution < -0.4 is 4.90 Å². The van der Waals surface area contributed by atoms with Gasteiger partial charge in [0.05, 0.1) is 39.2 Å². The van der Waals surface area contributed by atoms with Crippen LogP contribution in [0.1, 0.15) is 52.5 Å². The Bertz CT molecular complexity index is 1910. The van der Waals surface area contributed by atoms with Gasteiger partial charge >= 0.3 is 5.97 Å². The lowest BCUT2D eigenvalue weighted by atomic mass is 9.76. The number of nitrogens with zero attached hydrogens (tertiary/aromatic N) is 3. The van der Waals surface area contributed by atoms with Gasteiger partial charge in [0.2, 0.25) is 17.6 Å². The van der Waals surface area contributed by atoms with Crippen LogP contribution in [0, 0.1) is 34.8 Å². The molecule has 11 heteroatoms. The lowest BCUT2D eigenvalue weighted by molar-refractivity contribution is -0.385. The number of fused-ring (bicyclic) bond motifs is 2. The van der Waals surface area contributed by atoms with Crippen LogP contribution in [0.3, 0.4) is 0 Å². The first kappa shape index (κ1) is 30.3. The van der Waals surface area contributed by atoms with E-state index in [9.17, 15) is 29.3 Å². The van der Waals surface area contributed by atoms with Crippen molar-refractivity contribution in [2.75, 3.05) is 11.5 Å². The molecule has 0 N–H and O–H groups in total. The molecule has 2 amide bonds. The third-order valence-electron chi connectivity index (χ3n) is 8.66. The molecule has 1 saturated heterocycles. The minimum absolute atomic E-state index is 0.0620. The average molecular weight is 671 g/mol. The van der Waals surface area contributed by atoms with Gasteiger partial charge in [-0.25, -0.2) is 9.78 Å². The number of pyridine rings is 1. The van der Waals surface area contributed by atoms with Crippen LogP contribution in [0.2, 0.25) is 0 Å². The van der Waals surface area contributed by atoms with Crippen LogP contribution in [0.25, 0.3) is 22.2 Å². The molecule has 1 aliphatic carbocycles. The summed E-state index contributed by atoms with van der Waals surface area (Å²) in [4.78, 5) is 69.2.